The third-order valence-electron chi connectivity index (χ3n) is 4.45. The summed E-state index contributed by atoms with van der Waals surface area (Å²) < 4.78 is 6.36. The third kappa shape index (κ3) is 1.96. The monoisotopic (exact) mass is 265 g/mol. The van der Waals surface area contributed by atoms with Crippen LogP contribution in [-0.2, 0) is 4.74 Å². The maximum atomic E-state index is 6.36. The molecule has 2 fully saturated rings. The van der Waals surface area contributed by atoms with Crippen LogP contribution in [0.25, 0.3) is 0 Å². The van der Waals surface area contributed by atoms with Gasteiger partial charge in [-0.2, -0.15) is 0 Å². The summed E-state index contributed by atoms with van der Waals surface area (Å²) in [4.78, 5) is 2.53. The van der Waals surface area contributed by atoms with E-state index in [2.05, 4.69) is 65.6 Å². The lowest BCUT2D eigenvalue weighted by Gasteiger charge is -2.25. The van der Waals surface area contributed by atoms with Gasteiger partial charge in [-0.05, 0) is 24.0 Å². The summed E-state index contributed by atoms with van der Waals surface area (Å²) in [5.41, 5.74) is 2.65. The zero-order chi connectivity index (χ0) is 13.4. The zero-order valence-electron chi connectivity index (χ0n) is 11.5. The summed E-state index contributed by atoms with van der Waals surface area (Å²) in [7, 11) is 0. The predicted octanol–water partition coefficient (Wildman–Crippen LogP) is 3.92. The highest BCUT2D eigenvalue weighted by atomic mass is 16.5. The number of rotatable bonds is 2. The topological polar surface area (TPSA) is 12.5 Å². The molecule has 20 heavy (non-hydrogen) atoms. The Balaban J connectivity index is 1.74. The Morgan fingerprint density at radius 2 is 1.50 bits per heavy atom. The van der Waals surface area contributed by atoms with Crippen molar-refractivity contribution in [1.82, 2.24) is 4.90 Å². The first-order valence-corrected chi connectivity index (χ1v) is 7.44. The van der Waals surface area contributed by atoms with Crippen molar-refractivity contribution in [1.29, 1.82) is 0 Å². The van der Waals surface area contributed by atoms with Crippen LogP contribution in [0.1, 0.15) is 36.1 Å². The van der Waals surface area contributed by atoms with Crippen LogP contribution in [-0.4, -0.2) is 17.7 Å². The fourth-order valence-corrected chi connectivity index (χ4v) is 3.56. The van der Waals surface area contributed by atoms with Crippen molar-refractivity contribution < 1.29 is 4.74 Å². The first kappa shape index (κ1) is 12.1. The largest absolute Gasteiger partial charge is 0.353 e. The third-order valence-corrected chi connectivity index (χ3v) is 4.45. The lowest BCUT2D eigenvalue weighted by molar-refractivity contribution is 0.0173. The average molecular weight is 265 g/mol. The van der Waals surface area contributed by atoms with Crippen molar-refractivity contribution in [2.75, 3.05) is 6.54 Å². The first-order valence-electron chi connectivity index (χ1n) is 7.44. The lowest BCUT2D eigenvalue weighted by atomic mass is 9.95. The van der Waals surface area contributed by atoms with E-state index in [0.29, 0.717) is 12.3 Å². The van der Waals surface area contributed by atoms with E-state index in [1.807, 2.05) is 0 Å². The summed E-state index contributed by atoms with van der Waals surface area (Å²) >= 11 is 0. The van der Waals surface area contributed by atoms with Crippen LogP contribution < -0.4 is 0 Å². The number of hydrogen-bond donors (Lipinski definition) is 0. The van der Waals surface area contributed by atoms with Crippen molar-refractivity contribution in [2.24, 2.45) is 0 Å². The molecular formula is C18H19NO. The van der Waals surface area contributed by atoms with Crippen LogP contribution in [0.5, 0.6) is 0 Å². The summed E-state index contributed by atoms with van der Waals surface area (Å²) in [6, 6.07) is 21.8. The van der Waals surface area contributed by atoms with Gasteiger partial charge in [-0.25, -0.2) is 0 Å². The van der Waals surface area contributed by atoms with E-state index < -0.39 is 0 Å². The lowest BCUT2D eigenvalue weighted by Crippen LogP contribution is -2.26. The van der Waals surface area contributed by atoms with Gasteiger partial charge in [0.05, 0.1) is 6.04 Å². The molecule has 0 bridgehead atoms. The van der Waals surface area contributed by atoms with E-state index in [1.54, 1.807) is 0 Å². The number of hydrogen-bond acceptors (Lipinski definition) is 2. The van der Waals surface area contributed by atoms with E-state index >= 15 is 0 Å². The molecule has 2 saturated heterocycles. The second-order valence-electron chi connectivity index (χ2n) is 5.66. The zero-order valence-corrected chi connectivity index (χ0v) is 11.5. The molecule has 2 aromatic carbocycles. The number of nitrogens with zero attached hydrogens (tertiary/aromatic N) is 1. The molecule has 2 aromatic rings. The molecule has 2 aliphatic heterocycles. The molecule has 0 saturated carbocycles. The Kier molecular flexibility index (Phi) is 3.06. The Bertz CT molecular complexity index is 568. The molecule has 2 aliphatic rings. The molecule has 3 atom stereocenters. The maximum absolute atomic E-state index is 6.36. The van der Waals surface area contributed by atoms with Gasteiger partial charge in [0.25, 0.3) is 0 Å². The normalized spacial score (nSPS) is 29.5. The minimum Gasteiger partial charge on any atom is -0.353 e. The fourth-order valence-electron chi connectivity index (χ4n) is 3.56. The summed E-state index contributed by atoms with van der Waals surface area (Å²) in [5, 5.41) is 0. The highest BCUT2D eigenvalue weighted by Crippen LogP contribution is 2.47. The van der Waals surface area contributed by atoms with E-state index in [4.69, 9.17) is 4.74 Å². The summed E-state index contributed by atoms with van der Waals surface area (Å²) in [6.45, 7) is 1.15. The van der Waals surface area contributed by atoms with Crippen LogP contribution >= 0.6 is 0 Å². The van der Waals surface area contributed by atoms with Gasteiger partial charge in [0.2, 0.25) is 0 Å². The van der Waals surface area contributed by atoms with E-state index in [9.17, 15) is 0 Å². The van der Waals surface area contributed by atoms with Gasteiger partial charge in [-0.3, -0.25) is 4.90 Å². The minimum atomic E-state index is 0.156. The van der Waals surface area contributed by atoms with E-state index in [0.717, 1.165) is 13.0 Å². The Labute approximate surface area is 120 Å². The van der Waals surface area contributed by atoms with Crippen molar-refractivity contribution in [3.05, 3.63) is 71.8 Å². The Morgan fingerprint density at radius 3 is 2.20 bits per heavy atom. The second kappa shape index (κ2) is 5.04. The highest BCUT2D eigenvalue weighted by molar-refractivity contribution is 5.28. The van der Waals surface area contributed by atoms with Gasteiger partial charge in [-0.1, -0.05) is 60.7 Å². The molecule has 0 N–H and O–H groups in total. The van der Waals surface area contributed by atoms with Crippen LogP contribution in [0.15, 0.2) is 60.7 Å². The van der Waals surface area contributed by atoms with Crippen molar-refractivity contribution >= 4 is 0 Å². The molecule has 0 radical (unpaired) electrons. The van der Waals surface area contributed by atoms with E-state index in [1.165, 1.54) is 17.5 Å². The van der Waals surface area contributed by atoms with Crippen LogP contribution in [0.4, 0.5) is 0 Å². The van der Waals surface area contributed by atoms with Gasteiger partial charge >= 0.3 is 0 Å². The van der Waals surface area contributed by atoms with Crippen LogP contribution in [0.3, 0.4) is 0 Å². The predicted molar refractivity (Wildman–Crippen MR) is 79.2 cm³/mol. The second-order valence-corrected chi connectivity index (χ2v) is 5.66. The average Bonchev–Trinajstić information content (AvgIpc) is 3.09. The molecule has 0 aliphatic carbocycles. The Hall–Kier alpha value is -1.64. The van der Waals surface area contributed by atoms with Gasteiger partial charge in [-0.15, -0.1) is 0 Å². The number of ether oxygens (including phenoxy) is 1. The highest BCUT2D eigenvalue weighted by Gasteiger charge is 2.45. The number of benzene rings is 2. The minimum absolute atomic E-state index is 0.156. The first-order chi connectivity index (χ1) is 9.93. The number of fused-ring (bicyclic) bond motifs is 1. The Morgan fingerprint density at radius 1 is 0.850 bits per heavy atom. The molecule has 0 spiro atoms. The van der Waals surface area contributed by atoms with Crippen molar-refractivity contribution in [3.8, 4) is 0 Å². The van der Waals surface area contributed by atoms with Crippen molar-refractivity contribution in [3.63, 3.8) is 0 Å². The van der Waals surface area contributed by atoms with Crippen LogP contribution in [0, 0.1) is 0 Å². The van der Waals surface area contributed by atoms with Gasteiger partial charge in [0, 0.05) is 6.54 Å². The summed E-state index contributed by atoms with van der Waals surface area (Å²) in [5.74, 6) is 0. The molecule has 2 heteroatoms. The molecule has 0 amide bonds. The quantitative estimate of drug-likeness (QED) is 0.816. The summed E-state index contributed by atoms with van der Waals surface area (Å²) in [6.07, 6.45) is 2.86. The molecule has 102 valence electrons. The molecule has 2 heterocycles. The molecule has 2 nitrogen and oxygen atoms in total. The SMILES string of the molecule is c1ccc([C@H]2O[C@H]3CCCN3[C@@H]2c2ccccc2)cc1. The van der Waals surface area contributed by atoms with E-state index in [-0.39, 0.29) is 6.10 Å². The van der Waals surface area contributed by atoms with Crippen LogP contribution in [0.2, 0.25) is 0 Å². The van der Waals surface area contributed by atoms with Crippen molar-refractivity contribution in [2.45, 2.75) is 31.2 Å². The molecule has 0 unspecified atom stereocenters. The van der Waals surface area contributed by atoms with Gasteiger partial charge in [0.1, 0.15) is 12.3 Å². The molecule has 0 aromatic heterocycles. The standard InChI is InChI=1S/C18H19NO/c1-3-8-14(9-4-1)17-18(15-10-5-2-6-11-15)20-16-12-7-13-19(16)17/h1-6,8-11,16-18H,7,12-13H2/t16-,17+,18+/m0/s1. The maximum Gasteiger partial charge on any atom is 0.112 e. The fraction of sp³-hybridized carbons (Fsp3) is 0.333. The van der Waals surface area contributed by atoms with Gasteiger partial charge < -0.3 is 4.74 Å². The molecule has 4 rings (SSSR count). The smallest absolute Gasteiger partial charge is 0.112 e. The van der Waals surface area contributed by atoms with Gasteiger partial charge in [0.15, 0.2) is 0 Å². The molecular weight excluding hydrogens is 246 g/mol.